The van der Waals surface area contributed by atoms with E-state index >= 15 is 0 Å². The van der Waals surface area contributed by atoms with E-state index in [2.05, 4.69) is 35.9 Å². The molecule has 1 aliphatic carbocycles. The van der Waals surface area contributed by atoms with Gasteiger partial charge in [0.15, 0.2) is 0 Å². The summed E-state index contributed by atoms with van der Waals surface area (Å²) in [5.41, 5.74) is 3.07. The quantitative estimate of drug-likeness (QED) is 0.296. The summed E-state index contributed by atoms with van der Waals surface area (Å²) < 4.78 is 5.87. The molecule has 0 aliphatic heterocycles. The highest BCUT2D eigenvalue weighted by atomic mass is 16.5. The smallest absolute Gasteiger partial charge is 0.257 e. The third kappa shape index (κ3) is 6.12. The molecule has 4 aromatic rings. The lowest BCUT2D eigenvalue weighted by molar-refractivity contribution is 0.102. The minimum Gasteiger partial charge on any atom is -0.474 e. The van der Waals surface area contributed by atoms with E-state index in [1.165, 1.54) is 19.2 Å². The maximum absolute atomic E-state index is 12.6. The van der Waals surface area contributed by atoms with Gasteiger partial charge in [0.05, 0.1) is 5.56 Å². The number of amides is 1. The van der Waals surface area contributed by atoms with Gasteiger partial charge in [-0.2, -0.15) is 0 Å². The van der Waals surface area contributed by atoms with E-state index in [1.54, 1.807) is 30.6 Å². The highest BCUT2D eigenvalue weighted by molar-refractivity contribution is 6.04. The number of nitrogens with one attached hydrogen (secondary N) is 3. The van der Waals surface area contributed by atoms with Gasteiger partial charge in [-0.15, -0.1) is 0 Å². The normalized spacial score (nSPS) is 13.2. The average Bonchev–Trinajstić information content (AvgIpc) is 3.39. The zero-order valence-corrected chi connectivity index (χ0v) is 19.9. The van der Waals surface area contributed by atoms with Crippen molar-refractivity contribution in [2.75, 3.05) is 16.0 Å². The fourth-order valence-electron chi connectivity index (χ4n) is 3.98. The Balaban J connectivity index is 1.16. The molecule has 1 aromatic carbocycles. The third-order valence-corrected chi connectivity index (χ3v) is 5.84. The van der Waals surface area contributed by atoms with Crippen LogP contribution < -0.4 is 20.7 Å². The van der Waals surface area contributed by atoms with Crippen molar-refractivity contribution in [3.63, 3.8) is 0 Å². The molecule has 0 unspecified atom stereocenters. The molecule has 3 heterocycles. The summed E-state index contributed by atoms with van der Waals surface area (Å²) in [6.07, 6.45) is 9.53. The molecular weight excluding hydrogens is 454 g/mol. The number of rotatable bonds is 8. The number of nitrogens with zero attached hydrogens (tertiary/aromatic N) is 4. The van der Waals surface area contributed by atoms with Gasteiger partial charge in [0.25, 0.3) is 5.91 Å². The maximum atomic E-state index is 12.6. The molecule has 0 spiro atoms. The van der Waals surface area contributed by atoms with Gasteiger partial charge in [0, 0.05) is 35.9 Å². The van der Waals surface area contributed by atoms with Crippen molar-refractivity contribution in [2.45, 2.75) is 38.7 Å². The molecule has 1 fully saturated rings. The van der Waals surface area contributed by atoms with Crippen LogP contribution in [0.5, 0.6) is 5.88 Å². The number of ether oxygens (including phenoxy) is 1. The summed E-state index contributed by atoms with van der Waals surface area (Å²) in [5.74, 6) is 2.30. The second-order valence-corrected chi connectivity index (χ2v) is 8.70. The molecule has 3 N–H and O–H groups in total. The first-order chi connectivity index (χ1) is 17.6. The molecule has 1 aliphatic rings. The number of aryl methyl sites for hydroxylation is 1. The van der Waals surface area contributed by atoms with E-state index in [1.807, 2.05) is 43.3 Å². The number of hydrogen-bond acceptors (Lipinski definition) is 8. The standard InChI is InChI=1S/C27H27N7O2/c1-18-12-13-28-23(14-18)34-25-15-24(30-17-31-25)32-20-7-9-21(10-8-20)33-27(35)19-6-11-26(29-16-19)36-22-4-2-3-5-22/h6-17,22H,2-5H2,1H3,(H,33,35)(H2,28,30,31,32,34). The fraction of sp³-hybridized carbons (Fsp3) is 0.222. The summed E-state index contributed by atoms with van der Waals surface area (Å²) in [5, 5.41) is 9.31. The summed E-state index contributed by atoms with van der Waals surface area (Å²) >= 11 is 0. The van der Waals surface area contributed by atoms with Crippen molar-refractivity contribution in [2.24, 2.45) is 0 Å². The van der Waals surface area contributed by atoms with Crippen LogP contribution in [0.2, 0.25) is 0 Å². The Hall–Kier alpha value is -4.53. The fourth-order valence-corrected chi connectivity index (χ4v) is 3.98. The number of hydrogen-bond donors (Lipinski definition) is 3. The molecule has 0 saturated heterocycles. The first-order valence-corrected chi connectivity index (χ1v) is 11.9. The average molecular weight is 482 g/mol. The largest absolute Gasteiger partial charge is 0.474 e. The molecule has 0 atom stereocenters. The van der Waals surface area contributed by atoms with Crippen LogP contribution in [0.25, 0.3) is 0 Å². The van der Waals surface area contributed by atoms with E-state index < -0.39 is 0 Å². The van der Waals surface area contributed by atoms with Gasteiger partial charge in [-0.05, 0) is 80.6 Å². The van der Waals surface area contributed by atoms with E-state index in [9.17, 15) is 4.79 Å². The monoisotopic (exact) mass is 481 g/mol. The molecule has 0 radical (unpaired) electrons. The second kappa shape index (κ2) is 10.8. The van der Waals surface area contributed by atoms with Gasteiger partial charge in [-0.1, -0.05) is 0 Å². The number of pyridine rings is 2. The highest BCUT2D eigenvalue weighted by Crippen LogP contribution is 2.24. The Labute approximate surface area is 209 Å². The lowest BCUT2D eigenvalue weighted by Crippen LogP contribution is -2.14. The van der Waals surface area contributed by atoms with Gasteiger partial charge in [0.1, 0.15) is 29.9 Å². The first-order valence-electron chi connectivity index (χ1n) is 11.9. The Morgan fingerprint density at radius 2 is 1.56 bits per heavy atom. The molecule has 1 saturated carbocycles. The zero-order chi connectivity index (χ0) is 24.7. The van der Waals surface area contributed by atoms with Crippen LogP contribution in [0, 0.1) is 6.92 Å². The van der Waals surface area contributed by atoms with Crippen LogP contribution in [0.3, 0.4) is 0 Å². The van der Waals surface area contributed by atoms with Crippen molar-refractivity contribution in [3.8, 4) is 5.88 Å². The van der Waals surface area contributed by atoms with Crippen molar-refractivity contribution in [1.82, 2.24) is 19.9 Å². The van der Waals surface area contributed by atoms with Crippen LogP contribution >= 0.6 is 0 Å². The van der Waals surface area contributed by atoms with Gasteiger partial charge in [-0.3, -0.25) is 4.79 Å². The van der Waals surface area contributed by atoms with Crippen molar-refractivity contribution in [1.29, 1.82) is 0 Å². The SMILES string of the molecule is Cc1ccnc(Nc2cc(Nc3ccc(NC(=O)c4ccc(OC5CCCC5)nc4)cc3)ncn2)c1. The van der Waals surface area contributed by atoms with Crippen LogP contribution in [0.4, 0.5) is 28.8 Å². The summed E-state index contributed by atoms with van der Waals surface area (Å²) in [6, 6.07) is 16.5. The molecule has 182 valence electrons. The van der Waals surface area contributed by atoms with Crippen molar-refractivity contribution in [3.05, 3.63) is 84.4 Å². The molecule has 9 heteroatoms. The Morgan fingerprint density at radius 1 is 0.833 bits per heavy atom. The van der Waals surface area contributed by atoms with Crippen LogP contribution in [-0.4, -0.2) is 31.9 Å². The predicted octanol–water partition coefficient (Wildman–Crippen LogP) is 5.64. The second-order valence-electron chi connectivity index (χ2n) is 8.70. The number of carbonyl (C=O) groups excluding carboxylic acids is 1. The van der Waals surface area contributed by atoms with Crippen molar-refractivity contribution < 1.29 is 9.53 Å². The van der Waals surface area contributed by atoms with Gasteiger partial charge >= 0.3 is 0 Å². The van der Waals surface area contributed by atoms with Crippen LogP contribution in [0.15, 0.2) is 73.3 Å². The van der Waals surface area contributed by atoms with Gasteiger partial charge < -0.3 is 20.7 Å². The first kappa shape index (κ1) is 23.2. The van der Waals surface area contributed by atoms with Crippen LogP contribution in [-0.2, 0) is 0 Å². The number of benzene rings is 1. The van der Waals surface area contributed by atoms with Crippen LogP contribution in [0.1, 0.15) is 41.6 Å². The maximum Gasteiger partial charge on any atom is 0.257 e. The molecular formula is C27H27N7O2. The molecule has 0 bridgehead atoms. The van der Waals surface area contributed by atoms with Gasteiger partial charge in [-0.25, -0.2) is 19.9 Å². The van der Waals surface area contributed by atoms with Gasteiger partial charge in [0.2, 0.25) is 5.88 Å². The summed E-state index contributed by atoms with van der Waals surface area (Å²) in [6.45, 7) is 2.01. The summed E-state index contributed by atoms with van der Waals surface area (Å²) in [4.78, 5) is 29.7. The molecule has 36 heavy (non-hydrogen) atoms. The minimum atomic E-state index is -0.230. The molecule has 5 rings (SSSR count). The molecule has 9 nitrogen and oxygen atoms in total. The lowest BCUT2D eigenvalue weighted by Gasteiger charge is -2.12. The zero-order valence-electron chi connectivity index (χ0n) is 19.9. The van der Waals surface area contributed by atoms with Crippen molar-refractivity contribution >= 4 is 34.7 Å². The Bertz CT molecular complexity index is 1320. The van der Waals surface area contributed by atoms with E-state index in [4.69, 9.17) is 4.74 Å². The Kier molecular flexibility index (Phi) is 6.98. The lowest BCUT2D eigenvalue weighted by atomic mass is 10.2. The van der Waals surface area contributed by atoms with E-state index in [0.717, 1.165) is 24.1 Å². The molecule has 1 amide bonds. The number of carbonyl (C=O) groups is 1. The topological polar surface area (TPSA) is 114 Å². The third-order valence-electron chi connectivity index (χ3n) is 5.84. The number of aromatic nitrogens is 4. The summed E-state index contributed by atoms with van der Waals surface area (Å²) in [7, 11) is 0. The van der Waals surface area contributed by atoms with E-state index in [0.29, 0.717) is 34.6 Å². The number of anilines is 5. The predicted molar refractivity (Wildman–Crippen MR) is 139 cm³/mol. The van der Waals surface area contributed by atoms with E-state index in [-0.39, 0.29) is 12.0 Å². The highest BCUT2D eigenvalue weighted by Gasteiger charge is 2.17. The molecule has 3 aromatic heterocycles. The minimum absolute atomic E-state index is 0.230. The Morgan fingerprint density at radius 3 is 2.28 bits per heavy atom.